The highest BCUT2D eigenvalue weighted by molar-refractivity contribution is 7.99. The highest BCUT2D eigenvalue weighted by Crippen LogP contribution is 2.27. The fourth-order valence-corrected chi connectivity index (χ4v) is 4.92. The van der Waals surface area contributed by atoms with Crippen molar-refractivity contribution in [1.82, 2.24) is 9.55 Å². The zero-order valence-corrected chi connectivity index (χ0v) is 19.4. The van der Waals surface area contributed by atoms with Gasteiger partial charge in [0.2, 0.25) is 5.91 Å². The summed E-state index contributed by atoms with van der Waals surface area (Å²) in [6.45, 7) is 4.22. The molecule has 0 fully saturated rings. The second-order valence-electron chi connectivity index (χ2n) is 7.24. The molecule has 0 unspecified atom stereocenters. The normalized spacial score (nSPS) is 11.2. The zero-order chi connectivity index (χ0) is 22.0. The van der Waals surface area contributed by atoms with Gasteiger partial charge < -0.3 is 5.32 Å². The van der Waals surface area contributed by atoms with Gasteiger partial charge in [-0.1, -0.05) is 61.5 Å². The van der Waals surface area contributed by atoms with Crippen molar-refractivity contribution >= 4 is 56.5 Å². The summed E-state index contributed by atoms with van der Waals surface area (Å²) >= 11 is 8.91. The highest BCUT2D eigenvalue weighted by atomic mass is 35.5. The van der Waals surface area contributed by atoms with Crippen LogP contribution in [-0.4, -0.2) is 21.2 Å². The number of amides is 1. The van der Waals surface area contributed by atoms with Crippen molar-refractivity contribution in [2.75, 3.05) is 11.1 Å². The van der Waals surface area contributed by atoms with Gasteiger partial charge in [-0.15, -0.1) is 11.3 Å². The van der Waals surface area contributed by atoms with E-state index in [-0.39, 0.29) is 17.2 Å². The first-order valence-corrected chi connectivity index (χ1v) is 12.0. The zero-order valence-electron chi connectivity index (χ0n) is 17.0. The minimum absolute atomic E-state index is 0.110. The Morgan fingerprint density at radius 1 is 1.19 bits per heavy atom. The molecule has 0 spiro atoms. The second kappa shape index (κ2) is 9.26. The molecule has 0 atom stereocenters. The molecule has 0 bridgehead atoms. The summed E-state index contributed by atoms with van der Waals surface area (Å²) in [5.41, 5.74) is 2.88. The maximum atomic E-state index is 13.2. The van der Waals surface area contributed by atoms with Crippen molar-refractivity contribution in [1.29, 1.82) is 0 Å². The number of nitrogens with one attached hydrogen (secondary N) is 1. The summed E-state index contributed by atoms with van der Waals surface area (Å²) in [4.78, 5) is 30.4. The summed E-state index contributed by atoms with van der Waals surface area (Å²) < 4.78 is 2.04. The van der Waals surface area contributed by atoms with Crippen molar-refractivity contribution in [3.63, 3.8) is 0 Å². The number of para-hydroxylation sites is 1. The lowest BCUT2D eigenvalue weighted by atomic mass is 10.0. The molecular weight excluding hydrogens is 450 g/mol. The van der Waals surface area contributed by atoms with Crippen molar-refractivity contribution in [2.45, 2.75) is 24.9 Å². The largest absolute Gasteiger partial charge is 0.325 e. The molecule has 2 aromatic carbocycles. The van der Waals surface area contributed by atoms with E-state index in [0.29, 0.717) is 32.0 Å². The van der Waals surface area contributed by atoms with E-state index >= 15 is 0 Å². The number of thiophene rings is 1. The average Bonchev–Trinajstić information content (AvgIpc) is 3.22. The molecule has 158 valence electrons. The van der Waals surface area contributed by atoms with Crippen LogP contribution in [0.15, 0.2) is 69.9 Å². The standard InChI is InChI=1S/C23H20ClN3O2S2/c1-14(2)15-6-5-7-16(12-15)25-20(28)13-31-23-26-18-10-11-30-21(18)22(29)27(23)19-9-4-3-8-17(19)24/h3-12,14H,13H2,1-2H3,(H,25,28). The lowest BCUT2D eigenvalue weighted by Gasteiger charge is -2.13. The van der Waals surface area contributed by atoms with Gasteiger partial charge in [0.1, 0.15) is 4.70 Å². The quantitative estimate of drug-likeness (QED) is 0.280. The Hall–Kier alpha value is -2.61. The Labute approximate surface area is 193 Å². The molecule has 5 nitrogen and oxygen atoms in total. The molecule has 31 heavy (non-hydrogen) atoms. The number of hydrogen-bond donors (Lipinski definition) is 1. The lowest BCUT2D eigenvalue weighted by molar-refractivity contribution is -0.113. The molecule has 4 rings (SSSR count). The van der Waals surface area contributed by atoms with Gasteiger partial charge >= 0.3 is 0 Å². The first kappa shape index (κ1) is 21.6. The molecule has 0 aliphatic heterocycles. The molecule has 0 radical (unpaired) electrons. The molecule has 0 saturated carbocycles. The Bertz CT molecular complexity index is 1310. The minimum Gasteiger partial charge on any atom is -0.325 e. The smallest absolute Gasteiger partial charge is 0.276 e. The van der Waals surface area contributed by atoms with Crippen molar-refractivity contribution in [2.24, 2.45) is 0 Å². The van der Waals surface area contributed by atoms with Crippen LogP contribution in [0.1, 0.15) is 25.3 Å². The predicted octanol–water partition coefficient (Wildman–Crippen LogP) is 5.95. The number of aromatic nitrogens is 2. The number of fused-ring (bicyclic) bond motifs is 1. The third-order valence-electron chi connectivity index (χ3n) is 4.71. The molecule has 2 aromatic heterocycles. The van der Waals surface area contributed by atoms with Gasteiger partial charge in [-0.3, -0.25) is 14.2 Å². The van der Waals surface area contributed by atoms with Crippen LogP contribution < -0.4 is 10.9 Å². The first-order valence-electron chi connectivity index (χ1n) is 9.72. The van der Waals surface area contributed by atoms with Crippen LogP contribution in [0, 0.1) is 0 Å². The van der Waals surface area contributed by atoms with Gasteiger partial charge in [-0.2, -0.15) is 0 Å². The third-order valence-corrected chi connectivity index (χ3v) is 6.86. The van der Waals surface area contributed by atoms with Crippen molar-refractivity contribution < 1.29 is 4.79 Å². The molecule has 0 aliphatic carbocycles. The van der Waals surface area contributed by atoms with E-state index in [1.807, 2.05) is 35.7 Å². The highest BCUT2D eigenvalue weighted by Gasteiger charge is 2.17. The topological polar surface area (TPSA) is 64.0 Å². The van der Waals surface area contributed by atoms with Crippen LogP contribution in [0.2, 0.25) is 5.02 Å². The maximum Gasteiger partial charge on any atom is 0.276 e. The number of carbonyl (C=O) groups excluding carboxylic acids is 1. The number of benzene rings is 2. The summed E-state index contributed by atoms with van der Waals surface area (Å²) in [6, 6.07) is 16.7. The number of hydrogen-bond acceptors (Lipinski definition) is 5. The Kier molecular flexibility index (Phi) is 6.46. The summed E-state index contributed by atoms with van der Waals surface area (Å²) in [6.07, 6.45) is 0. The van der Waals surface area contributed by atoms with E-state index in [1.165, 1.54) is 27.7 Å². The summed E-state index contributed by atoms with van der Waals surface area (Å²) in [5, 5.41) is 5.63. The molecule has 2 heterocycles. The van der Waals surface area contributed by atoms with Crippen molar-refractivity contribution in [3.05, 3.63) is 80.9 Å². The van der Waals surface area contributed by atoms with Crippen LogP contribution >= 0.6 is 34.7 Å². The van der Waals surface area contributed by atoms with Crippen LogP contribution in [0.3, 0.4) is 0 Å². The van der Waals surface area contributed by atoms with E-state index in [4.69, 9.17) is 11.6 Å². The number of nitrogens with zero attached hydrogens (tertiary/aromatic N) is 2. The molecule has 0 saturated heterocycles. The van der Waals surface area contributed by atoms with E-state index in [0.717, 1.165) is 11.3 Å². The SMILES string of the molecule is CC(C)c1cccc(NC(=O)CSc2nc3ccsc3c(=O)n2-c2ccccc2Cl)c1. The summed E-state index contributed by atoms with van der Waals surface area (Å²) in [7, 11) is 0. The Balaban J connectivity index is 1.62. The van der Waals surface area contributed by atoms with Gasteiger partial charge in [-0.25, -0.2) is 4.98 Å². The van der Waals surface area contributed by atoms with Gasteiger partial charge in [-0.05, 0) is 47.2 Å². The molecular formula is C23H20ClN3O2S2. The Morgan fingerprint density at radius 3 is 2.77 bits per heavy atom. The first-order chi connectivity index (χ1) is 14.9. The average molecular weight is 470 g/mol. The fourth-order valence-electron chi connectivity index (χ4n) is 3.14. The molecule has 1 amide bonds. The van der Waals surface area contributed by atoms with E-state index in [2.05, 4.69) is 24.1 Å². The monoisotopic (exact) mass is 469 g/mol. The maximum absolute atomic E-state index is 13.2. The second-order valence-corrected chi connectivity index (χ2v) is 9.50. The van der Waals surface area contributed by atoms with E-state index in [9.17, 15) is 9.59 Å². The number of rotatable bonds is 6. The number of thioether (sulfide) groups is 1. The van der Waals surface area contributed by atoms with Gasteiger partial charge in [0, 0.05) is 5.69 Å². The van der Waals surface area contributed by atoms with Crippen LogP contribution in [0.25, 0.3) is 15.9 Å². The molecule has 0 aliphatic rings. The number of carbonyl (C=O) groups is 1. The van der Waals surface area contributed by atoms with Gasteiger partial charge in [0.05, 0.1) is 22.0 Å². The van der Waals surface area contributed by atoms with Gasteiger partial charge in [0.15, 0.2) is 5.16 Å². The number of halogens is 1. The van der Waals surface area contributed by atoms with Crippen LogP contribution in [0.4, 0.5) is 5.69 Å². The van der Waals surface area contributed by atoms with E-state index < -0.39 is 0 Å². The summed E-state index contributed by atoms with van der Waals surface area (Å²) in [5.74, 6) is 0.312. The minimum atomic E-state index is -0.194. The van der Waals surface area contributed by atoms with Gasteiger partial charge in [0.25, 0.3) is 5.56 Å². The van der Waals surface area contributed by atoms with Crippen LogP contribution in [-0.2, 0) is 4.79 Å². The molecule has 4 aromatic rings. The van der Waals surface area contributed by atoms with E-state index in [1.54, 1.807) is 24.3 Å². The third kappa shape index (κ3) is 4.69. The molecule has 8 heteroatoms. The van der Waals surface area contributed by atoms with Crippen LogP contribution in [0.5, 0.6) is 0 Å². The molecule has 1 N–H and O–H groups in total. The Morgan fingerprint density at radius 2 is 2.00 bits per heavy atom. The lowest BCUT2D eigenvalue weighted by Crippen LogP contribution is -2.22. The fraction of sp³-hybridized carbons (Fsp3) is 0.174. The predicted molar refractivity (Wildman–Crippen MR) is 130 cm³/mol. The van der Waals surface area contributed by atoms with Crippen molar-refractivity contribution in [3.8, 4) is 5.69 Å². The number of anilines is 1.